The molecule has 24 heavy (non-hydrogen) atoms. The zero-order valence-corrected chi connectivity index (χ0v) is 14.8. The van der Waals surface area contributed by atoms with Gasteiger partial charge in [0.2, 0.25) is 0 Å². The van der Waals surface area contributed by atoms with E-state index in [0.29, 0.717) is 5.92 Å². The minimum atomic E-state index is -0.444. The maximum atomic E-state index is 12.2. The molecule has 6 nitrogen and oxygen atoms in total. The van der Waals surface area contributed by atoms with Crippen molar-refractivity contribution in [1.29, 1.82) is 0 Å². The Morgan fingerprint density at radius 2 is 2.00 bits per heavy atom. The predicted octanol–water partition coefficient (Wildman–Crippen LogP) is 2.29. The molecular formula is C17H22N4O2S. The summed E-state index contributed by atoms with van der Waals surface area (Å²) in [6, 6.07) is 9.63. The Labute approximate surface area is 146 Å². The molecule has 0 unspecified atom stereocenters. The third kappa shape index (κ3) is 3.62. The molecule has 1 aromatic carbocycles. The lowest BCUT2D eigenvalue weighted by Gasteiger charge is -2.21. The Hall–Kier alpha value is -1.86. The molecule has 3 rings (SSSR count). The first-order valence-corrected chi connectivity index (χ1v) is 8.98. The second-order valence-electron chi connectivity index (χ2n) is 5.86. The third-order valence-corrected chi connectivity index (χ3v) is 5.58. The molecule has 0 saturated carbocycles. The van der Waals surface area contributed by atoms with Gasteiger partial charge in [-0.05, 0) is 31.5 Å². The van der Waals surface area contributed by atoms with Gasteiger partial charge in [-0.3, -0.25) is 4.79 Å². The molecule has 2 aromatic rings. The van der Waals surface area contributed by atoms with Gasteiger partial charge in [-0.15, -0.1) is 10.2 Å². The Balaban J connectivity index is 1.82. The summed E-state index contributed by atoms with van der Waals surface area (Å²) in [6.45, 7) is 2.02. The summed E-state index contributed by atoms with van der Waals surface area (Å²) < 4.78 is 6.99. The van der Waals surface area contributed by atoms with Gasteiger partial charge in [-0.25, -0.2) is 0 Å². The third-order valence-electron chi connectivity index (χ3n) is 4.31. The van der Waals surface area contributed by atoms with Crippen LogP contribution >= 0.6 is 11.8 Å². The van der Waals surface area contributed by atoms with E-state index in [9.17, 15) is 4.79 Å². The van der Waals surface area contributed by atoms with Crippen molar-refractivity contribution < 1.29 is 9.53 Å². The molecule has 0 amide bonds. The molecule has 1 atom stereocenters. The monoisotopic (exact) mass is 346 g/mol. The highest BCUT2D eigenvalue weighted by atomic mass is 32.2. The van der Waals surface area contributed by atoms with E-state index in [1.165, 1.54) is 18.9 Å². The van der Waals surface area contributed by atoms with Crippen LogP contribution in [0.15, 0.2) is 35.5 Å². The van der Waals surface area contributed by atoms with Crippen LogP contribution in [0.1, 0.15) is 35.4 Å². The molecule has 0 aliphatic carbocycles. The first-order valence-electron chi connectivity index (χ1n) is 8.10. The van der Waals surface area contributed by atoms with Crippen LogP contribution in [0.25, 0.3) is 0 Å². The number of thioether (sulfide) groups is 1. The lowest BCUT2D eigenvalue weighted by atomic mass is 9.97. The molecule has 1 aliphatic rings. The average molecular weight is 346 g/mol. The van der Waals surface area contributed by atoms with Crippen LogP contribution in [-0.4, -0.2) is 40.9 Å². The van der Waals surface area contributed by atoms with Crippen LogP contribution in [0.5, 0.6) is 0 Å². The number of aromatic nitrogens is 3. The Morgan fingerprint density at radius 3 is 2.67 bits per heavy atom. The first-order chi connectivity index (χ1) is 11.7. The molecule has 7 heteroatoms. The predicted molar refractivity (Wildman–Crippen MR) is 92.9 cm³/mol. The summed E-state index contributed by atoms with van der Waals surface area (Å²) in [5.41, 5.74) is 0.903. The molecule has 0 spiro atoms. The zero-order chi connectivity index (χ0) is 16.9. The van der Waals surface area contributed by atoms with E-state index in [1.54, 1.807) is 0 Å². The van der Waals surface area contributed by atoms with Crippen molar-refractivity contribution in [3.05, 3.63) is 41.7 Å². The standard InChI is InChI=1S/C17H22N4O2S/c1-21-15(13-8-10-18-11-9-13)19-20-17(21)24-14(16(22)23-2)12-6-4-3-5-7-12/h3-7,13-14,18H,8-11H2,1-2H3/t14-/m1/s1. The molecule has 0 bridgehead atoms. The lowest BCUT2D eigenvalue weighted by molar-refractivity contribution is -0.140. The maximum absolute atomic E-state index is 12.2. The van der Waals surface area contributed by atoms with Gasteiger partial charge in [0.25, 0.3) is 0 Å². The summed E-state index contributed by atoms with van der Waals surface area (Å²) in [4.78, 5) is 12.2. The van der Waals surface area contributed by atoms with E-state index in [-0.39, 0.29) is 5.97 Å². The molecule has 128 valence electrons. The Bertz CT molecular complexity index is 683. The van der Waals surface area contributed by atoms with Gasteiger partial charge in [0, 0.05) is 13.0 Å². The largest absolute Gasteiger partial charge is 0.468 e. The molecule has 0 radical (unpaired) electrons. The van der Waals surface area contributed by atoms with Crippen molar-refractivity contribution in [3.8, 4) is 0 Å². The number of benzene rings is 1. The van der Waals surface area contributed by atoms with E-state index < -0.39 is 5.25 Å². The summed E-state index contributed by atoms with van der Waals surface area (Å²) in [5.74, 6) is 1.14. The van der Waals surface area contributed by atoms with Gasteiger partial charge in [0.1, 0.15) is 11.1 Å². The number of hydrogen-bond donors (Lipinski definition) is 1. The number of hydrogen-bond acceptors (Lipinski definition) is 6. The molecule has 1 fully saturated rings. The number of rotatable bonds is 5. The second kappa shape index (κ2) is 7.81. The fourth-order valence-corrected chi connectivity index (χ4v) is 3.99. The maximum Gasteiger partial charge on any atom is 0.323 e. The molecule has 1 aromatic heterocycles. The van der Waals surface area contributed by atoms with Crippen LogP contribution < -0.4 is 5.32 Å². The van der Waals surface area contributed by atoms with Crippen LogP contribution in [-0.2, 0) is 16.6 Å². The molecule has 1 N–H and O–H groups in total. The van der Waals surface area contributed by atoms with E-state index >= 15 is 0 Å². The van der Waals surface area contributed by atoms with Gasteiger partial charge in [0.15, 0.2) is 5.16 Å². The lowest BCUT2D eigenvalue weighted by Crippen LogP contribution is -2.27. The van der Waals surface area contributed by atoms with Gasteiger partial charge in [0.05, 0.1) is 7.11 Å². The van der Waals surface area contributed by atoms with Crippen molar-refractivity contribution in [2.75, 3.05) is 20.2 Å². The van der Waals surface area contributed by atoms with E-state index in [0.717, 1.165) is 42.5 Å². The summed E-state index contributed by atoms with van der Waals surface area (Å²) in [6.07, 6.45) is 2.13. The van der Waals surface area contributed by atoms with E-state index in [1.807, 2.05) is 41.9 Å². The SMILES string of the molecule is COC(=O)[C@H](Sc1nnc(C2CCNCC2)n1C)c1ccccc1. The highest BCUT2D eigenvalue weighted by molar-refractivity contribution is 8.00. The van der Waals surface area contributed by atoms with Gasteiger partial charge < -0.3 is 14.6 Å². The number of nitrogens with one attached hydrogen (secondary N) is 1. The van der Waals surface area contributed by atoms with Crippen LogP contribution in [0, 0.1) is 0 Å². The van der Waals surface area contributed by atoms with Gasteiger partial charge >= 0.3 is 5.97 Å². The summed E-state index contributed by atoms with van der Waals surface area (Å²) in [5, 5.41) is 12.4. The number of ether oxygens (including phenoxy) is 1. The van der Waals surface area contributed by atoms with Crippen molar-refractivity contribution in [3.63, 3.8) is 0 Å². The Morgan fingerprint density at radius 1 is 1.29 bits per heavy atom. The van der Waals surface area contributed by atoms with Crippen molar-refractivity contribution in [2.24, 2.45) is 7.05 Å². The van der Waals surface area contributed by atoms with Crippen LogP contribution in [0.2, 0.25) is 0 Å². The first kappa shape index (κ1) is 17.0. The topological polar surface area (TPSA) is 69.0 Å². The van der Waals surface area contributed by atoms with Gasteiger partial charge in [-0.2, -0.15) is 0 Å². The minimum Gasteiger partial charge on any atom is -0.468 e. The smallest absolute Gasteiger partial charge is 0.323 e. The van der Waals surface area contributed by atoms with Crippen LogP contribution in [0.4, 0.5) is 0 Å². The van der Waals surface area contributed by atoms with Crippen molar-refractivity contribution in [2.45, 2.75) is 29.2 Å². The number of methoxy groups -OCH3 is 1. The fraction of sp³-hybridized carbons (Fsp3) is 0.471. The van der Waals surface area contributed by atoms with Crippen LogP contribution in [0.3, 0.4) is 0 Å². The van der Waals surface area contributed by atoms with Gasteiger partial charge in [-0.1, -0.05) is 42.1 Å². The molecule has 1 saturated heterocycles. The quantitative estimate of drug-likeness (QED) is 0.662. The fourth-order valence-electron chi connectivity index (χ4n) is 2.96. The van der Waals surface area contributed by atoms with E-state index in [2.05, 4.69) is 15.5 Å². The molecular weight excluding hydrogens is 324 g/mol. The number of esters is 1. The normalized spacial score (nSPS) is 16.8. The zero-order valence-electron chi connectivity index (χ0n) is 13.9. The molecule has 2 heterocycles. The van der Waals surface area contributed by atoms with E-state index in [4.69, 9.17) is 4.74 Å². The number of piperidine rings is 1. The number of carbonyl (C=O) groups excluding carboxylic acids is 1. The average Bonchev–Trinajstić information content (AvgIpc) is 3.01. The molecule has 1 aliphatic heterocycles. The second-order valence-corrected chi connectivity index (χ2v) is 6.93. The van der Waals surface area contributed by atoms with Crippen molar-refractivity contribution >= 4 is 17.7 Å². The number of nitrogens with zero attached hydrogens (tertiary/aromatic N) is 3. The summed E-state index contributed by atoms with van der Waals surface area (Å²) in [7, 11) is 3.38. The Kier molecular flexibility index (Phi) is 5.52. The van der Waals surface area contributed by atoms with Crippen molar-refractivity contribution in [1.82, 2.24) is 20.1 Å². The number of carbonyl (C=O) groups is 1. The highest BCUT2D eigenvalue weighted by Crippen LogP contribution is 2.36. The minimum absolute atomic E-state index is 0.280. The summed E-state index contributed by atoms with van der Waals surface area (Å²) >= 11 is 1.39. The highest BCUT2D eigenvalue weighted by Gasteiger charge is 2.27.